The lowest BCUT2D eigenvalue weighted by Crippen LogP contribution is -2.60. The molecule has 1 unspecified atom stereocenters. The summed E-state index contributed by atoms with van der Waals surface area (Å²) < 4.78 is 5.07. The molecule has 0 saturated heterocycles. The Morgan fingerprint density at radius 2 is 2.09 bits per heavy atom. The molecular weight excluding hydrogens is 296 g/mol. The second-order valence-electron chi connectivity index (χ2n) is 6.02. The van der Waals surface area contributed by atoms with Crippen molar-refractivity contribution in [2.24, 2.45) is 0 Å². The molecule has 6 heteroatoms. The fraction of sp³-hybridized carbons (Fsp3) is 0.471. The van der Waals surface area contributed by atoms with Gasteiger partial charge in [-0.3, -0.25) is 9.59 Å². The standard InChI is InChI=1S/C17H20N2O4/c1-2-23-16(22)17(8-5-9-17)19-14(20)10-13-11-6-3-4-7-12(11)15(21)18-13/h3-4,6-7,13H,2,5,8-10H2,1H3,(H,18,21)(H,19,20). The Morgan fingerprint density at radius 1 is 1.35 bits per heavy atom. The topological polar surface area (TPSA) is 84.5 Å². The van der Waals surface area contributed by atoms with Gasteiger partial charge < -0.3 is 15.4 Å². The summed E-state index contributed by atoms with van der Waals surface area (Å²) in [5.74, 6) is -0.780. The quantitative estimate of drug-likeness (QED) is 0.806. The SMILES string of the molecule is CCOC(=O)C1(NC(=O)CC2NC(=O)c3ccccc32)CCC1. The van der Waals surface area contributed by atoms with E-state index in [1.54, 1.807) is 19.1 Å². The van der Waals surface area contributed by atoms with Gasteiger partial charge in [-0.25, -0.2) is 4.79 Å². The van der Waals surface area contributed by atoms with E-state index in [9.17, 15) is 14.4 Å². The summed E-state index contributed by atoms with van der Waals surface area (Å²) in [6.07, 6.45) is 2.21. The van der Waals surface area contributed by atoms with Crippen molar-refractivity contribution >= 4 is 17.8 Å². The van der Waals surface area contributed by atoms with E-state index in [1.807, 2.05) is 12.1 Å². The number of carbonyl (C=O) groups is 3. The molecule has 122 valence electrons. The fourth-order valence-corrected chi connectivity index (χ4v) is 3.17. The molecule has 0 bridgehead atoms. The number of rotatable bonds is 5. The Hall–Kier alpha value is -2.37. The molecule has 6 nitrogen and oxygen atoms in total. The van der Waals surface area contributed by atoms with Gasteiger partial charge in [-0.1, -0.05) is 18.2 Å². The molecule has 23 heavy (non-hydrogen) atoms. The first-order valence-electron chi connectivity index (χ1n) is 7.94. The molecule has 0 radical (unpaired) electrons. The highest BCUT2D eigenvalue weighted by atomic mass is 16.5. The molecule has 1 heterocycles. The fourth-order valence-electron chi connectivity index (χ4n) is 3.17. The molecule has 1 aromatic carbocycles. The lowest BCUT2D eigenvalue weighted by atomic mass is 9.76. The maximum absolute atomic E-state index is 12.4. The van der Waals surface area contributed by atoms with E-state index in [2.05, 4.69) is 10.6 Å². The van der Waals surface area contributed by atoms with Crippen molar-refractivity contribution in [2.45, 2.75) is 44.2 Å². The van der Waals surface area contributed by atoms with Crippen LogP contribution in [0.4, 0.5) is 0 Å². The monoisotopic (exact) mass is 316 g/mol. The Morgan fingerprint density at radius 3 is 2.74 bits per heavy atom. The van der Waals surface area contributed by atoms with Gasteiger partial charge in [-0.15, -0.1) is 0 Å². The van der Waals surface area contributed by atoms with Crippen LogP contribution in [0.1, 0.15) is 54.6 Å². The summed E-state index contributed by atoms with van der Waals surface area (Å²) in [4.78, 5) is 36.3. The van der Waals surface area contributed by atoms with Crippen molar-refractivity contribution in [3.05, 3.63) is 35.4 Å². The molecule has 2 amide bonds. The van der Waals surface area contributed by atoms with Crippen LogP contribution in [0.3, 0.4) is 0 Å². The van der Waals surface area contributed by atoms with Gasteiger partial charge in [0.2, 0.25) is 5.91 Å². The highest BCUT2D eigenvalue weighted by Crippen LogP contribution is 2.34. The Labute approximate surface area is 134 Å². The van der Waals surface area contributed by atoms with E-state index >= 15 is 0 Å². The molecule has 0 aromatic heterocycles. The first-order chi connectivity index (χ1) is 11.1. The number of hydrogen-bond donors (Lipinski definition) is 2. The Balaban J connectivity index is 1.66. The molecule has 2 N–H and O–H groups in total. The molecule has 1 aliphatic carbocycles. The van der Waals surface area contributed by atoms with Crippen LogP contribution in [0, 0.1) is 0 Å². The zero-order chi connectivity index (χ0) is 16.4. The summed E-state index contributed by atoms with van der Waals surface area (Å²) >= 11 is 0. The second-order valence-corrected chi connectivity index (χ2v) is 6.02. The molecule has 0 spiro atoms. The minimum absolute atomic E-state index is 0.115. The van der Waals surface area contributed by atoms with Crippen LogP contribution >= 0.6 is 0 Å². The number of ether oxygens (including phenoxy) is 1. The lowest BCUT2D eigenvalue weighted by molar-refractivity contribution is -0.157. The highest BCUT2D eigenvalue weighted by Gasteiger charge is 2.47. The van der Waals surface area contributed by atoms with Crippen molar-refractivity contribution in [3.8, 4) is 0 Å². The molecular formula is C17H20N2O4. The summed E-state index contributed by atoms with van der Waals surface area (Å²) in [6.45, 7) is 2.04. The largest absolute Gasteiger partial charge is 0.464 e. The third kappa shape index (κ3) is 2.81. The van der Waals surface area contributed by atoms with Crippen LogP contribution in [0.2, 0.25) is 0 Å². The molecule has 2 aliphatic rings. The molecule has 3 rings (SSSR count). The molecule has 1 aliphatic heterocycles. The third-order valence-corrected chi connectivity index (χ3v) is 4.53. The normalized spacial score (nSPS) is 20.9. The van der Waals surface area contributed by atoms with Gasteiger partial charge in [0.25, 0.3) is 5.91 Å². The average molecular weight is 316 g/mol. The first-order valence-corrected chi connectivity index (χ1v) is 7.94. The van der Waals surface area contributed by atoms with E-state index in [1.165, 1.54) is 0 Å². The van der Waals surface area contributed by atoms with Crippen molar-refractivity contribution in [2.75, 3.05) is 6.61 Å². The number of fused-ring (bicyclic) bond motifs is 1. The maximum Gasteiger partial charge on any atom is 0.331 e. The van der Waals surface area contributed by atoms with Crippen molar-refractivity contribution in [1.82, 2.24) is 10.6 Å². The predicted molar refractivity (Wildman–Crippen MR) is 82.6 cm³/mol. The number of amides is 2. The number of hydrogen-bond acceptors (Lipinski definition) is 4. The lowest BCUT2D eigenvalue weighted by Gasteiger charge is -2.39. The number of esters is 1. The average Bonchev–Trinajstić information content (AvgIpc) is 2.80. The van der Waals surface area contributed by atoms with Gasteiger partial charge in [0.05, 0.1) is 19.1 Å². The van der Waals surface area contributed by atoms with Crippen LogP contribution in [0.15, 0.2) is 24.3 Å². The minimum atomic E-state index is -0.880. The Bertz CT molecular complexity index is 652. The molecule has 1 atom stereocenters. The van der Waals surface area contributed by atoms with Gasteiger partial charge in [-0.2, -0.15) is 0 Å². The van der Waals surface area contributed by atoms with E-state index in [-0.39, 0.29) is 30.2 Å². The van der Waals surface area contributed by atoms with E-state index in [0.717, 1.165) is 12.0 Å². The highest BCUT2D eigenvalue weighted by molar-refractivity contribution is 6.00. The smallest absolute Gasteiger partial charge is 0.331 e. The van der Waals surface area contributed by atoms with Gasteiger partial charge >= 0.3 is 5.97 Å². The Kier molecular flexibility index (Phi) is 4.07. The number of benzene rings is 1. The second kappa shape index (κ2) is 6.02. The third-order valence-electron chi connectivity index (χ3n) is 4.53. The van der Waals surface area contributed by atoms with Crippen LogP contribution in [-0.2, 0) is 14.3 Å². The maximum atomic E-state index is 12.4. The van der Waals surface area contributed by atoms with E-state index < -0.39 is 5.54 Å². The summed E-state index contributed by atoms with van der Waals surface area (Å²) in [5.41, 5.74) is 0.551. The van der Waals surface area contributed by atoms with E-state index in [4.69, 9.17) is 4.74 Å². The van der Waals surface area contributed by atoms with Crippen molar-refractivity contribution in [3.63, 3.8) is 0 Å². The van der Waals surface area contributed by atoms with E-state index in [0.29, 0.717) is 25.0 Å². The number of nitrogens with one attached hydrogen (secondary N) is 2. The zero-order valence-electron chi connectivity index (χ0n) is 13.1. The van der Waals surface area contributed by atoms with Gasteiger partial charge in [0, 0.05) is 5.56 Å². The zero-order valence-corrected chi connectivity index (χ0v) is 13.1. The van der Waals surface area contributed by atoms with Gasteiger partial charge in [0.1, 0.15) is 5.54 Å². The molecule has 1 fully saturated rings. The van der Waals surface area contributed by atoms with Gasteiger partial charge in [0.15, 0.2) is 0 Å². The minimum Gasteiger partial charge on any atom is -0.464 e. The summed E-state index contributed by atoms with van der Waals surface area (Å²) in [7, 11) is 0. The van der Waals surface area contributed by atoms with Crippen molar-refractivity contribution in [1.29, 1.82) is 0 Å². The van der Waals surface area contributed by atoms with Crippen LogP contribution in [0.25, 0.3) is 0 Å². The molecule has 1 saturated carbocycles. The van der Waals surface area contributed by atoms with Crippen LogP contribution in [0.5, 0.6) is 0 Å². The molecule has 1 aromatic rings. The number of carbonyl (C=O) groups excluding carboxylic acids is 3. The summed E-state index contributed by atoms with van der Waals surface area (Å²) in [6, 6.07) is 6.88. The van der Waals surface area contributed by atoms with Crippen molar-refractivity contribution < 1.29 is 19.1 Å². The van der Waals surface area contributed by atoms with Crippen LogP contribution in [-0.4, -0.2) is 29.9 Å². The summed E-state index contributed by atoms with van der Waals surface area (Å²) in [5, 5.41) is 5.63. The van der Waals surface area contributed by atoms with Gasteiger partial charge in [-0.05, 0) is 37.8 Å². The van der Waals surface area contributed by atoms with Crippen LogP contribution < -0.4 is 10.6 Å². The predicted octanol–water partition coefficient (Wildman–Crippen LogP) is 1.46. The first kappa shape index (κ1) is 15.5.